The summed E-state index contributed by atoms with van der Waals surface area (Å²) in [6, 6.07) is 12.2. The summed E-state index contributed by atoms with van der Waals surface area (Å²) < 4.78 is 11.9. The molecular weight excluding hydrogens is 372 g/mol. The van der Waals surface area contributed by atoms with E-state index >= 15 is 0 Å². The summed E-state index contributed by atoms with van der Waals surface area (Å²) in [5.41, 5.74) is 1.14. The Morgan fingerprint density at radius 2 is 1.85 bits per heavy atom. The summed E-state index contributed by atoms with van der Waals surface area (Å²) in [6.45, 7) is -0.474. The van der Waals surface area contributed by atoms with Crippen molar-refractivity contribution in [1.29, 1.82) is 0 Å². The molecular formula is C20H21ClO6. The molecule has 27 heavy (non-hydrogen) atoms. The molecule has 4 rings (SSSR count). The van der Waals surface area contributed by atoms with E-state index in [0.29, 0.717) is 17.0 Å². The highest BCUT2D eigenvalue weighted by molar-refractivity contribution is 6.31. The van der Waals surface area contributed by atoms with Gasteiger partial charge in [0.1, 0.15) is 17.5 Å². The molecule has 7 heteroatoms. The van der Waals surface area contributed by atoms with Gasteiger partial charge in [-0.25, -0.2) is 0 Å². The smallest absolute Gasteiger partial charge is 0.198 e. The Bertz CT molecular complexity index is 841. The monoisotopic (exact) mass is 392 g/mol. The number of benzene rings is 2. The average Bonchev–Trinajstić information content (AvgIpc) is 3.01. The normalized spacial score (nSPS) is 32.6. The zero-order valence-electron chi connectivity index (χ0n) is 14.5. The summed E-state index contributed by atoms with van der Waals surface area (Å²) in [7, 11) is 0. The third kappa shape index (κ3) is 3.12. The fourth-order valence-corrected chi connectivity index (χ4v) is 4.01. The number of aliphatic hydroxyl groups excluding tert-OH is 3. The molecule has 2 fully saturated rings. The Balaban J connectivity index is 1.67. The van der Waals surface area contributed by atoms with Gasteiger partial charge >= 0.3 is 0 Å². The molecule has 4 atom stereocenters. The number of aromatic hydroxyl groups is 1. The Hall–Kier alpha value is -1.67. The number of ether oxygens (including phenoxy) is 2. The van der Waals surface area contributed by atoms with E-state index in [0.717, 1.165) is 11.1 Å². The first-order chi connectivity index (χ1) is 12.9. The standard InChI is InChI=1S/C20H21ClO6/c21-16-6-3-14(8-13(16)7-12-1-4-15(23)5-2-12)20-9-17(24)18(25)19(10-22,27-20)11-26-20/h1-6,8,17-18,22-25H,7,9-11H2/t17-,18+,19+,20-/m1/s1. The lowest BCUT2D eigenvalue weighted by Crippen LogP contribution is -2.59. The second-order valence-electron chi connectivity index (χ2n) is 7.23. The second kappa shape index (κ2) is 6.74. The highest BCUT2D eigenvalue weighted by Crippen LogP contribution is 2.49. The molecule has 6 nitrogen and oxygen atoms in total. The summed E-state index contributed by atoms with van der Waals surface area (Å²) in [5.74, 6) is -1.05. The molecule has 2 bridgehead atoms. The number of hydrogen-bond acceptors (Lipinski definition) is 6. The maximum absolute atomic E-state index is 10.3. The molecule has 0 unspecified atom stereocenters. The molecule has 0 aliphatic carbocycles. The minimum Gasteiger partial charge on any atom is -0.508 e. The minimum absolute atomic E-state index is 0.0162. The zero-order chi connectivity index (χ0) is 19.2. The Kier molecular flexibility index (Phi) is 4.66. The van der Waals surface area contributed by atoms with Gasteiger partial charge < -0.3 is 29.9 Å². The number of halogens is 1. The molecule has 2 aromatic carbocycles. The van der Waals surface area contributed by atoms with Crippen LogP contribution in [0.1, 0.15) is 23.1 Å². The Morgan fingerprint density at radius 3 is 2.56 bits per heavy atom. The predicted octanol–water partition coefficient (Wildman–Crippen LogP) is 1.69. The quantitative estimate of drug-likeness (QED) is 0.632. The number of phenols is 1. The van der Waals surface area contributed by atoms with E-state index in [1.54, 1.807) is 24.3 Å². The van der Waals surface area contributed by atoms with Crippen LogP contribution in [-0.2, 0) is 21.7 Å². The summed E-state index contributed by atoms with van der Waals surface area (Å²) >= 11 is 6.36. The molecule has 0 saturated carbocycles. The average molecular weight is 393 g/mol. The van der Waals surface area contributed by atoms with Crippen molar-refractivity contribution < 1.29 is 29.9 Å². The van der Waals surface area contributed by atoms with Crippen LogP contribution in [0, 0.1) is 0 Å². The van der Waals surface area contributed by atoms with Gasteiger partial charge in [-0.3, -0.25) is 0 Å². The molecule has 144 valence electrons. The van der Waals surface area contributed by atoms with Gasteiger partial charge in [-0.2, -0.15) is 0 Å². The fourth-order valence-electron chi connectivity index (χ4n) is 3.82. The van der Waals surface area contributed by atoms with Gasteiger partial charge in [-0.15, -0.1) is 0 Å². The van der Waals surface area contributed by atoms with E-state index in [2.05, 4.69) is 0 Å². The number of rotatable bonds is 4. The molecule has 2 aliphatic rings. The third-order valence-corrected chi connectivity index (χ3v) is 5.75. The van der Waals surface area contributed by atoms with Crippen molar-refractivity contribution in [2.45, 2.75) is 36.4 Å². The van der Waals surface area contributed by atoms with Crippen LogP contribution in [0.25, 0.3) is 0 Å². The molecule has 0 aromatic heterocycles. The molecule has 0 spiro atoms. The molecule has 2 aromatic rings. The van der Waals surface area contributed by atoms with Crippen molar-refractivity contribution in [3.63, 3.8) is 0 Å². The maximum Gasteiger partial charge on any atom is 0.198 e. The summed E-state index contributed by atoms with van der Waals surface area (Å²) in [6.07, 6.45) is -1.71. The number of hydrogen-bond donors (Lipinski definition) is 4. The Labute approximate surface area is 161 Å². The van der Waals surface area contributed by atoms with Gasteiger partial charge in [0.05, 0.1) is 19.3 Å². The highest BCUT2D eigenvalue weighted by atomic mass is 35.5. The van der Waals surface area contributed by atoms with Crippen LogP contribution in [0.3, 0.4) is 0 Å². The molecule has 0 radical (unpaired) electrons. The van der Waals surface area contributed by atoms with Crippen LogP contribution in [-0.4, -0.2) is 51.4 Å². The maximum atomic E-state index is 10.3. The molecule has 2 heterocycles. The van der Waals surface area contributed by atoms with Crippen molar-refractivity contribution in [3.05, 3.63) is 64.2 Å². The molecule has 4 N–H and O–H groups in total. The van der Waals surface area contributed by atoms with Crippen molar-refractivity contribution in [2.75, 3.05) is 13.2 Å². The van der Waals surface area contributed by atoms with E-state index < -0.39 is 30.2 Å². The Morgan fingerprint density at radius 1 is 1.11 bits per heavy atom. The van der Waals surface area contributed by atoms with E-state index in [9.17, 15) is 20.4 Å². The molecule has 0 amide bonds. The van der Waals surface area contributed by atoms with Gasteiger partial charge in [-0.1, -0.05) is 29.8 Å². The first-order valence-electron chi connectivity index (χ1n) is 8.75. The predicted molar refractivity (Wildman–Crippen MR) is 97.5 cm³/mol. The molecule has 2 saturated heterocycles. The van der Waals surface area contributed by atoms with E-state index in [1.807, 2.05) is 18.2 Å². The third-order valence-electron chi connectivity index (χ3n) is 5.38. The highest BCUT2D eigenvalue weighted by Gasteiger charge is 2.62. The largest absolute Gasteiger partial charge is 0.508 e. The van der Waals surface area contributed by atoms with Crippen molar-refractivity contribution >= 4 is 11.6 Å². The first kappa shape index (κ1) is 18.7. The molecule has 2 aliphatic heterocycles. The summed E-state index contributed by atoms with van der Waals surface area (Å²) in [4.78, 5) is 0. The van der Waals surface area contributed by atoms with Crippen LogP contribution >= 0.6 is 11.6 Å². The van der Waals surface area contributed by atoms with Crippen molar-refractivity contribution in [3.8, 4) is 5.75 Å². The lowest BCUT2D eigenvalue weighted by molar-refractivity contribution is -0.281. The van der Waals surface area contributed by atoms with Crippen LogP contribution in [0.2, 0.25) is 5.02 Å². The topological polar surface area (TPSA) is 99.4 Å². The van der Waals surface area contributed by atoms with Gasteiger partial charge in [0.2, 0.25) is 0 Å². The first-order valence-corrected chi connectivity index (χ1v) is 9.13. The van der Waals surface area contributed by atoms with Gasteiger partial charge in [0, 0.05) is 17.0 Å². The van der Waals surface area contributed by atoms with Crippen molar-refractivity contribution in [2.24, 2.45) is 0 Å². The van der Waals surface area contributed by atoms with E-state index in [1.165, 1.54) is 0 Å². The second-order valence-corrected chi connectivity index (χ2v) is 7.64. The minimum atomic E-state index is -1.34. The van der Waals surface area contributed by atoms with Gasteiger partial charge in [-0.05, 0) is 41.8 Å². The lowest BCUT2D eigenvalue weighted by Gasteiger charge is -2.42. The van der Waals surface area contributed by atoms with Crippen LogP contribution in [0.4, 0.5) is 0 Å². The zero-order valence-corrected chi connectivity index (χ0v) is 15.3. The van der Waals surface area contributed by atoms with E-state index in [4.69, 9.17) is 21.1 Å². The van der Waals surface area contributed by atoms with Crippen LogP contribution in [0.5, 0.6) is 5.75 Å². The van der Waals surface area contributed by atoms with Gasteiger partial charge in [0.25, 0.3) is 0 Å². The number of fused-ring (bicyclic) bond motifs is 2. The fraction of sp³-hybridized carbons (Fsp3) is 0.400. The summed E-state index contributed by atoms with van der Waals surface area (Å²) in [5, 5.41) is 40.3. The van der Waals surface area contributed by atoms with Crippen molar-refractivity contribution in [1.82, 2.24) is 0 Å². The van der Waals surface area contributed by atoms with Crippen LogP contribution in [0.15, 0.2) is 42.5 Å². The van der Waals surface area contributed by atoms with E-state index in [-0.39, 0.29) is 18.8 Å². The van der Waals surface area contributed by atoms with Crippen LogP contribution < -0.4 is 0 Å². The SMILES string of the molecule is OC[C@]12CO[C@](c3ccc(Cl)c(Cc4ccc(O)cc4)c3)(C[C@@H](O)[C@@H]1O)O2. The lowest BCUT2D eigenvalue weighted by atomic mass is 9.85. The number of phenolic OH excluding ortho intramolecular Hbond substituents is 1. The van der Waals surface area contributed by atoms with Gasteiger partial charge in [0.15, 0.2) is 5.79 Å². The number of aliphatic hydroxyl groups is 3.